The van der Waals surface area contributed by atoms with E-state index in [0.717, 1.165) is 5.92 Å². The molecular formula is C15H15O3. The summed E-state index contributed by atoms with van der Waals surface area (Å²) >= 11 is 0. The summed E-state index contributed by atoms with van der Waals surface area (Å²) in [7, 11) is 0. The summed E-state index contributed by atoms with van der Waals surface area (Å²) < 4.78 is 5.55. The molecule has 18 heavy (non-hydrogen) atoms. The van der Waals surface area contributed by atoms with Crippen molar-refractivity contribution in [3.63, 3.8) is 0 Å². The van der Waals surface area contributed by atoms with Crippen LogP contribution in [0.5, 0.6) is 0 Å². The maximum absolute atomic E-state index is 12.1. The van der Waals surface area contributed by atoms with Gasteiger partial charge in [-0.2, -0.15) is 0 Å². The molecule has 3 heteroatoms. The molecule has 0 atom stereocenters. The van der Waals surface area contributed by atoms with Gasteiger partial charge >= 0.3 is 0 Å². The highest BCUT2D eigenvalue weighted by Crippen LogP contribution is 2.36. The number of ether oxygens (including phenoxy) is 1. The van der Waals surface area contributed by atoms with Crippen molar-refractivity contribution in [2.75, 3.05) is 0 Å². The lowest BCUT2D eigenvalue weighted by molar-refractivity contribution is -0.119. The second-order valence-electron chi connectivity index (χ2n) is 4.57. The van der Waals surface area contributed by atoms with Gasteiger partial charge in [-0.3, -0.25) is 9.59 Å². The lowest BCUT2D eigenvalue weighted by Crippen LogP contribution is -2.25. The highest BCUT2D eigenvalue weighted by atomic mass is 16.5. The second-order valence-corrected chi connectivity index (χ2v) is 4.57. The zero-order chi connectivity index (χ0) is 13.3. The number of hydrogen-bond acceptors (Lipinski definition) is 3. The van der Waals surface area contributed by atoms with E-state index in [1.54, 1.807) is 19.8 Å². The molecule has 0 bridgehead atoms. The molecule has 0 heterocycles. The van der Waals surface area contributed by atoms with Gasteiger partial charge in [0.05, 0.1) is 11.7 Å². The number of ketones is 2. The average molecular weight is 243 g/mol. The molecule has 0 spiro atoms. The van der Waals surface area contributed by atoms with Crippen molar-refractivity contribution in [2.24, 2.45) is 0 Å². The van der Waals surface area contributed by atoms with Crippen LogP contribution in [0.4, 0.5) is 0 Å². The van der Waals surface area contributed by atoms with Crippen LogP contribution in [0.2, 0.25) is 0 Å². The fraction of sp³-hybridized carbons (Fsp3) is 0.267. The largest absolute Gasteiger partial charge is 0.486 e. The van der Waals surface area contributed by atoms with Gasteiger partial charge in [-0.15, -0.1) is 0 Å². The second kappa shape index (κ2) is 5.09. The van der Waals surface area contributed by atoms with Gasteiger partial charge in [0, 0.05) is 11.5 Å². The van der Waals surface area contributed by atoms with Gasteiger partial charge in [-0.1, -0.05) is 0 Å². The molecule has 0 unspecified atom stereocenters. The van der Waals surface area contributed by atoms with E-state index in [0.29, 0.717) is 11.1 Å². The highest BCUT2D eigenvalue weighted by molar-refractivity contribution is 6.23. The van der Waals surface area contributed by atoms with Crippen LogP contribution in [-0.4, -0.2) is 17.7 Å². The first-order valence-corrected chi connectivity index (χ1v) is 5.91. The number of allylic oxidation sites excluding steroid dienone is 3. The van der Waals surface area contributed by atoms with Crippen LogP contribution in [0.1, 0.15) is 20.8 Å². The van der Waals surface area contributed by atoms with Crippen LogP contribution in [0, 0.1) is 31.6 Å². The fourth-order valence-corrected chi connectivity index (χ4v) is 1.90. The molecule has 0 amide bonds. The minimum Gasteiger partial charge on any atom is -0.486 e. The van der Waals surface area contributed by atoms with Crippen molar-refractivity contribution >= 4 is 11.6 Å². The van der Waals surface area contributed by atoms with Crippen LogP contribution in [0.25, 0.3) is 0 Å². The van der Waals surface area contributed by atoms with E-state index < -0.39 is 0 Å². The van der Waals surface area contributed by atoms with Crippen LogP contribution in [0.15, 0.2) is 23.0 Å². The maximum atomic E-state index is 12.1. The maximum Gasteiger partial charge on any atom is 0.223 e. The molecular weight excluding hydrogens is 228 g/mol. The Bertz CT molecular complexity index is 435. The SMILES string of the molecule is CC1=CC(=O)C([C]2[CH][CH][CH][CH]2)=C(OC(C)C)C1=O. The summed E-state index contributed by atoms with van der Waals surface area (Å²) in [6.45, 7) is 5.30. The quantitative estimate of drug-likeness (QED) is 0.713. The first-order chi connectivity index (χ1) is 8.50. The number of hydrogen-bond donors (Lipinski definition) is 0. The van der Waals surface area contributed by atoms with Gasteiger partial charge in [0.25, 0.3) is 0 Å². The third-order valence-corrected chi connectivity index (χ3v) is 2.69. The van der Waals surface area contributed by atoms with Crippen molar-refractivity contribution < 1.29 is 14.3 Å². The van der Waals surface area contributed by atoms with E-state index in [1.165, 1.54) is 6.08 Å². The Morgan fingerprint density at radius 2 is 1.72 bits per heavy atom. The predicted octanol–water partition coefficient (Wildman–Crippen LogP) is 2.17. The lowest BCUT2D eigenvalue weighted by atomic mass is 9.86. The Hall–Kier alpha value is -1.38. The first kappa shape index (κ1) is 13.1. The summed E-state index contributed by atoms with van der Waals surface area (Å²) in [5, 5.41) is 0. The minimum absolute atomic E-state index is 0.146. The Kier molecular flexibility index (Phi) is 3.69. The molecule has 0 aromatic heterocycles. The van der Waals surface area contributed by atoms with Gasteiger partial charge in [-0.25, -0.2) is 0 Å². The van der Waals surface area contributed by atoms with Gasteiger partial charge in [0.15, 0.2) is 11.5 Å². The summed E-state index contributed by atoms with van der Waals surface area (Å²) in [4.78, 5) is 24.2. The molecule has 5 radical (unpaired) electrons. The van der Waals surface area contributed by atoms with E-state index >= 15 is 0 Å². The third-order valence-electron chi connectivity index (χ3n) is 2.69. The molecule has 0 aromatic rings. The lowest BCUT2D eigenvalue weighted by Gasteiger charge is -2.22. The molecule has 1 fully saturated rings. The summed E-state index contributed by atoms with van der Waals surface area (Å²) in [5.41, 5.74) is 0.787. The van der Waals surface area contributed by atoms with Gasteiger partial charge in [0.2, 0.25) is 5.78 Å². The number of carbonyl (C=O) groups excluding carboxylic acids is 2. The van der Waals surface area contributed by atoms with Crippen molar-refractivity contribution in [2.45, 2.75) is 26.9 Å². The van der Waals surface area contributed by atoms with E-state index in [4.69, 9.17) is 4.74 Å². The fourth-order valence-electron chi connectivity index (χ4n) is 1.90. The van der Waals surface area contributed by atoms with Crippen LogP contribution < -0.4 is 0 Å². The normalized spacial score (nSPS) is 21.9. The van der Waals surface area contributed by atoms with Crippen molar-refractivity contribution in [3.8, 4) is 0 Å². The highest BCUT2D eigenvalue weighted by Gasteiger charge is 2.35. The molecule has 2 rings (SSSR count). The summed E-state index contributed by atoms with van der Waals surface area (Å²) in [6, 6.07) is 0. The van der Waals surface area contributed by atoms with E-state index in [2.05, 4.69) is 0 Å². The molecule has 1 saturated carbocycles. The minimum atomic E-state index is -0.209. The Morgan fingerprint density at radius 1 is 1.11 bits per heavy atom. The van der Waals surface area contributed by atoms with Crippen molar-refractivity contribution in [1.29, 1.82) is 0 Å². The Balaban J connectivity index is 2.40. The van der Waals surface area contributed by atoms with Gasteiger partial charge in [-0.05, 0) is 52.5 Å². The van der Waals surface area contributed by atoms with Gasteiger partial charge < -0.3 is 4.74 Å². The zero-order valence-electron chi connectivity index (χ0n) is 10.7. The third kappa shape index (κ3) is 2.40. The van der Waals surface area contributed by atoms with Crippen LogP contribution in [-0.2, 0) is 14.3 Å². The summed E-state index contributed by atoms with van der Waals surface area (Å²) in [6.07, 6.45) is 8.50. The number of carbonyl (C=O) groups is 2. The monoisotopic (exact) mass is 243 g/mol. The van der Waals surface area contributed by atoms with E-state index in [9.17, 15) is 9.59 Å². The Morgan fingerprint density at radius 3 is 2.28 bits per heavy atom. The molecule has 0 aromatic carbocycles. The molecule has 93 valence electrons. The van der Waals surface area contributed by atoms with E-state index in [-0.39, 0.29) is 23.4 Å². The van der Waals surface area contributed by atoms with Crippen molar-refractivity contribution in [3.05, 3.63) is 54.6 Å². The number of rotatable bonds is 3. The van der Waals surface area contributed by atoms with Crippen LogP contribution >= 0.6 is 0 Å². The molecule has 3 nitrogen and oxygen atoms in total. The summed E-state index contributed by atoms with van der Waals surface area (Å²) in [5.74, 6) is 0.516. The van der Waals surface area contributed by atoms with Crippen molar-refractivity contribution in [1.82, 2.24) is 0 Å². The molecule has 0 saturated heterocycles. The molecule has 0 N–H and O–H groups in total. The van der Waals surface area contributed by atoms with Crippen LogP contribution in [0.3, 0.4) is 0 Å². The topological polar surface area (TPSA) is 43.4 Å². The molecule has 2 aliphatic carbocycles. The average Bonchev–Trinajstić information content (AvgIpc) is 2.78. The first-order valence-electron chi connectivity index (χ1n) is 5.91. The number of Topliss-reactive ketones (excluding diaryl/α,β-unsaturated/α-hetero) is 1. The predicted molar refractivity (Wildman–Crippen MR) is 67.5 cm³/mol. The standard InChI is InChI=1S/C15H15O3/c1-9(2)18-15-13(11-6-4-5-7-11)12(16)8-10(3)14(15)17/h4-9H,1-3H3. The van der Waals surface area contributed by atoms with Gasteiger partial charge in [0.1, 0.15) is 0 Å². The Labute approximate surface area is 108 Å². The zero-order valence-corrected chi connectivity index (χ0v) is 10.7. The van der Waals surface area contributed by atoms with E-state index in [1.807, 2.05) is 26.7 Å². The molecule has 0 aliphatic heterocycles. The molecule has 2 aliphatic rings. The smallest absolute Gasteiger partial charge is 0.223 e.